The molecule has 1 aromatic heterocycles. The minimum atomic E-state index is -0.521. The third-order valence-electron chi connectivity index (χ3n) is 3.01. The molecule has 0 aliphatic rings. The van der Waals surface area contributed by atoms with Crippen LogP contribution in [0, 0.1) is 17.0 Å². The van der Waals surface area contributed by atoms with E-state index in [1.54, 1.807) is 12.1 Å². The molecular formula is C16H17N3O5. The van der Waals surface area contributed by atoms with Gasteiger partial charge >= 0.3 is 5.97 Å². The van der Waals surface area contributed by atoms with Crippen molar-refractivity contribution in [2.45, 2.75) is 6.92 Å². The van der Waals surface area contributed by atoms with Gasteiger partial charge in [-0.25, -0.2) is 9.78 Å². The summed E-state index contributed by atoms with van der Waals surface area (Å²) in [6.45, 7) is 2.26. The highest BCUT2D eigenvalue weighted by Crippen LogP contribution is 2.12. The first-order valence-corrected chi connectivity index (χ1v) is 7.24. The lowest BCUT2D eigenvalue weighted by Crippen LogP contribution is -2.19. The van der Waals surface area contributed by atoms with Crippen molar-refractivity contribution in [1.29, 1.82) is 0 Å². The number of ether oxygens (including phenoxy) is 2. The van der Waals surface area contributed by atoms with Gasteiger partial charge < -0.3 is 14.8 Å². The van der Waals surface area contributed by atoms with Crippen molar-refractivity contribution >= 4 is 17.5 Å². The number of benzene rings is 1. The second-order valence-electron chi connectivity index (χ2n) is 4.91. The minimum absolute atomic E-state index is 0.0831. The summed E-state index contributed by atoms with van der Waals surface area (Å²) < 4.78 is 10.3. The van der Waals surface area contributed by atoms with Gasteiger partial charge in [0.05, 0.1) is 11.5 Å². The third-order valence-corrected chi connectivity index (χ3v) is 3.01. The summed E-state index contributed by atoms with van der Waals surface area (Å²) in [7, 11) is 0. The summed E-state index contributed by atoms with van der Waals surface area (Å²) in [5, 5.41) is 13.4. The second-order valence-corrected chi connectivity index (χ2v) is 4.91. The molecule has 8 nitrogen and oxygen atoms in total. The molecule has 0 saturated carbocycles. The highest BCUT2D eigenvalue weighted by molar-refractivity contribution is 5.71. The number of anilines is 1. The summed E-state index contributed by atoms with van der Waals surface area (Å²) in [5.41, 5.74) is 1.02. The first kappa shape index (κ1) is 17.2. The van der Waals surface area contributed by atoms with Gasteiger partial charge in [0.1, 0.15) is 24.4 Å². The molecule has 0 unspecified atom stereocenters. The number of nitrogens with one attached hydrogen (secondary N) is 1. The van der Waals surface area contributed by atoms with Crippen LogP contribution in [-0.4, -0.2) is 35.6 Å². The van der Waals surface area contributed by atoms with Gasteiger partial charge in [-0.05, 0) is 25.1 Å². The molecule has 1 heterocycles. The summed E-state index contributed by atoms with van der Waals surface area (Å²) in [4.78, 5) is 25.4. The lowest BCUT2D eigenvalue weighted by atomic mass is 10.2. The van der Waals surface area contributed by atoms with E-state index in [2.05, 4.69) is 10.3 Å². The van der Waals surface area contributed by atoms with E-state index in [9.17, 15) is 14.9 Å². The monoisotopic (exact) mass is 331 g/mol. The first-order chi connectivity index (χ1) is 11.5. The molecule has 0 amide bonds. The number of carbonyl (C=O) groups is 1. The topological polar surface area (TPSA) is 104 Å². The molecule has 0 aliphatic heterocycles. The second kappa shape index (κ2) is 8.47. The summed E-state index contributed by atoms with van der Waals surface area (Å²) in [6, 6.07) is 10.2. The predicted octanol–water partition coefficient (Wildman–Crippen LogP) is 2.33. The Balaban J connectivity index is 1.63. The van der Waals surface area contributed by atoms with Gasteiger partial charge in [-0.2, -0.15) is 0 Å². The Labute approximate surface area is 138 Å². The Kier molecular flexibility index (Phi) is 6.07. The van der Waals surface area contributed by atoms with Crippen LogP contribution in [0.3, 0.4) is 0 Å². The Morgan fingerprint density at radius 2 is 2.00 bits per heavy atom. The molecule has 1 N–H and O–H groups in total. The summed E-state index contributed by atoms with van der Waals surface area (Å²) >= 11 is 0. The van der Waals surface area contributed by atoms with Crippen LogP contribution in [0.2, 0.25) is 0 Å². The van der Waals surface area contributed by atoms with Crippen LogP contribution in [0.25, 0.3) is 0 Å². The van der Waals surface area contributed by atoms with Crippen molar-refractivity contribution < 1.29 is 19.2 Å². The molecule has 0 bridgehead atoms. The molecule has 8 heteroatoms. The number of rotatable bonds is 8. The molecule has 2 rings (SSSR count). The van der Waals surface area contributed by atoms with Crippen molar-refractivity contribution in [2.24, 2.45) is 0 Å². The van der Waals surface area contributed by atoms with Crippen LogP contribution in [0.5, 0.6) is 5.75 Å². The molecule has 0 fully saturated rings. The Morgan fingerprint density at radius 1 is 1.25 bits per heavy atom. The van der Waals surface area contributed by atoms with E-state index in [1.165, 1.54) is 12.1 Å². The van der Waals surface area contributed by atoms with Crippen molar-refractivity contribution in [3.8, 4) is 5.75 Å². The maximum atomic E-state index is 11.5. The van der Waals surface area contributed by atoms with Gasteiger partial charge in [-0.3, -0.25) is 10.1 Å². The number of nitro groups is 1. The standard InChI is InChI=1S/C16H17N3O5/c1-12-2-5-14(6-3-12)24-11-16(20)23-9-8-17-15-7-4-13(10-18-15)19(21)22/h2-7,10H,8-9,11H2,1H3,(H,17,18). The SMILES string of the molecule is Cc1ccc(OCC(=O)OCCNc2ccc([N+](=O)[O-])cn2)cc1. The third kappa shape index (κ3) is 5.56. The normalized spacial score (nSPS) is 10.0. The van der Waals surface area contributed by atoms with Crippen LogP contribution in [0.15, 0.2) is 42.6 Å². The van der Waals surface area contributed by atoms with E-state index in [-0.39, 0.29) is 18.9 Å². The van der Waals surface area contributed by atoms with Gasteiger partial charge in [-0.15, -0.1) is 0 Å². The van der Waals surface area contributed by atoms with Crippen LogP contribution in [-0.2, 0) is 9.53 Å². The van der Waals surface area contributed by atoms with Crippen LogP contribution in [0.1, 0.15) is 5.56 Å². The number of pyridine rings is 1. The Hall–Kier alpha value is -3.16. The van der Waals surface area contributed by atoms with Gasteiger partial charge in [0.2, 0.25) is 0 Å². The molecule has 0 atom stereocenters. The quantitative estimate of drug-likeness (QED) is 0.342. The molecular weight excluding hydrogens is 314 g/mol. The maximum Gasteiger partial charge on any atom is 0.344 e. The first-order valence-electron chi connectivity index (χ1n) is 7.24. The van der Waals surface area contributed by atoms with Crippen LogP contribution in [0.4, 0.5) is 11.5 Å². The van der Waals surface area contributed by atoms with Crippen LogP contribution >= 0.6 is 0 Å². The molecule has 0 radical (unpaired) electrons. The lowest BCUT2D eigenvalue weighted by molar-refractivity contribution is -0.385. The fraction of sp³-hybridized carbons (Fsp3) is 0.250. The molecule has 1 aromatic carbocycles. The molecule has 0 spiro atoms. The zero-order valence-electron chi connectivity index (χ0n) is 13.1. The molecule has 2 aromatic rings. The average Bonchev–Trinajstić information content (AvgIpc) is 2.58. The van der Waals surface area contributed by atoms with Gasteiger partial charge in [-0.1, -0.05) is 17.7 Å². The van der Waals surface area contributed by atoms with Gasteiger partial charge in [0.25, 0.3) is 5.69 Å². The highest BCUT2D eigenvalue weighted by atomic mass is 16.6. The number of hydrogen-bond acceptors (Lipinski definition) is 7. The molecule has 24 heavy (non-hydrogen) atoms. The van der Waals surface area contributed by atoms with Crippen molar-refractivity contribution in [3.63, 3.8) is 0 Å². The zero-order chi connectivity index (χ0) is 17.4. The van der Waals surface area contributed by atoms with E-state index in [0.29, 0.717) is 18.1 Å². The van der Waals surface area contributed by atoms with Crippen LogP contribution < -0.4 is 10.1 Å². The predicted molar refractivity (Wildman–Crippen MR) is 87.0 cm³/mol. The number of esters is 1. The van der Waals surface area contributed by atoms with Gasteiger partial charge in [0, 0.05) is 6.07 Å². The van der Waals surface area contributed by atoms with E-state index < -0.39 is 10.9 Å². The number of aryl methyl sites for hydroxylation is 1. The average molecular weight is 331 g/mol. The fourth-order valence-electron chi connectivity index (χ4n) is 1.76. The van der Waals surface area contributed by atoms with Crippen molar-refractivity contribution in [1.82, 2.24) is 4.98 Å². The minimum Gasteiger partial charge on any atom is -0.482 e. The summed E-state index contributed by atoms with van der Waals surface area (Å²) in [5.74, 6) is 0.590. The number of nitrogens with zero attached hydrogens (tertiary/aromatic N) is 2. The smallest absolute Gasteiger partial charge is 0.344 e. The number of aromatic nitrogens is 1. The number of hydrogen-bond donors (Lipinski definition) is 1. The molecule has 126 valence electrons. The maximum absolute atomic E-state index is 11.5. The number of carbonyl (C=O) groups excluding carboxylic acids is 1. The van der Waals surface area contributed by atoms with Crippen molar-refractivity contribution in [3.05, 3.63) is 58.3 Å². The fourth-order valence-corrected chi connectivity index (χ4v) is 1.76. The highest BCUT2D eigenvalue weighted by Gasteiger charge is 2.06. The van der Waals surface area contributed by atoms with Gasteiger partial charge in [0.15, 0.2) is 6.61 Å². The zero-order valence-corrected chi connectivity index (χ0v) is 13.1. The van der Waals surface area contributed by atoms with E-state index in [0.717, 1.165) is 11.8 Å². The van der Waals surface area contributed by atoms with E-state index in [4.69, 9.17) is 9.47 Å². The molecule has 0 saturated heterocycles. The lowest BCUT2D eigenvalue weighted by Gasteiger charge is -2.08. The molecule has 0 aliphatic carbocycles. The largest absolute Gasteiger partial charge is 0.482 e. The summed E-state index contributed by atoms with van der Waals surface area (Å²) in [6.07, 6.45) is 1.16. The van der Waals surface area contributed by atoms with E-state index >= 15 is 0 Å². The Morgan fingerprint density at radius 3 is 2.62 bits per heavy atom. The van der Waals surface area contributed by atoms with Crippen molar-refractivity contribution in [2.75, 3.05) is 25.1 Å². The Bertz CT molecular complexity index is 686. The van der Waals surface area contributed by atoms with E-state index in [1.807, 2.05) is 19.1 Å².